The maximum Gasteiger partial charge on any atom is 0.305 e. The molecule has 0 bridgehead atoms. The summed E-state index contributed by atoms with van der Waals surface area (Å²) in [4.78, 5) is 31.1. The van der Waals surface area contributed by atoms with Crippen molar-refractivity contribution in [1.29, 1.82) is 0 Å². The molecule has 196 valence electrons. The Morgan fingerprint density at radius 2 is 1.66 bits per heavy atom. The van der Waals surface area contributed by atoms with Crippen LogP contribution in [-0.4, -0.2) is 45.7 Å². The third kappa shape index (κ3) is 7.16. The molecule has 3 aromatic carbocycles. The Kier molecular flexibility index (Phi) is 9.39. The normalized spacial score (nSPS) is 10.6. The number of aromatic nitrogens is 4. The van der Waals surface area contributed by atoms with Crippen LogP contribution in [0.4, 0.5) is 5.69 Å². The largest absolute Gasteiger partial charge is 0.494 e. The molecule has 4 aromatic rings. The summed E-state index contributed by atoms with van der Waals surface area (Å²) in [5, 5.41) is 15.2. The van der Waals surface area contributed by atoms with Gasteiger partial charge >= 0.3 is 5.97 Å². The molecule has 0 saturated heterocycles. The summed E-state index contributed by atoms with van der Waals surface area (Å²) < 4.78 is 10.7. The lowest BCUT2D eigenvalue weighted by Gasteiger charge is -2.23. The number of carbonyl (C=O) groups is 2. The number of nitrogens with one attached hydrogen (secondary N) is 1. The van der Waals surface area contributed by atoms with Crippen LogP contribution in [0.25, 0.3) is 11.4 Å². The summed E-state index contributed by atoms with van der Waals surface area (Å²) in [5.74, 6) is 0.963. The second-order valence-corrected chi connectivity index (χ2v) is 8.26. The fourth-order valence-electron chi connectivity index (χ4n) is 3.67. The number of H-pyrrole nitrogens is 1. The first-order chi connectivity index (χ1) is 18.7. The highest BCUT2D eigenvalue weighted by Crippen LogP contribution is 2.29. The van der Waals surface area contributed by atoms with Crippen LogP contribution < -0.4 is 14.6 Å². The van der Waals surface area contributed by atoms with Crippen molar-refractivity contribution < 1.29 is 23.9 Å². The van der Waals surface area contributed by atoms with Crippen molar-refractivity contribution in [3.05, 3.63) is 84.4 Å². The molecule has 0 fully saturated rings. The van der Waals surface area contributed by atoms with Crippen LogP contribution in [0.1, 0.15) is 43.0 Å². The van der Waals surface area contributed by atoms with Gasteiger partial charge in [-0.2, -0.15) is 0 Å². The Bertz CT molecular complexity index is 1300. The van der Waals surface area contributed by atoms with Crippen molar-refractivity contribution in [1.82, 2.24) is 20.6 Å². The van der Waals surface area contributed by atoms with Crippen molar-refractivity contribution in [2.75, 3.05) is 18.3 Å². The van der Waals surface area contributed by atoms with E-state index in [9.17, 15) is 9.59 Å². The molecular formula is C28H29N5O5. The minimum absolute atomic E-state index is 0.166. The second kappa shape index (κ2) is 13.5. The molecule has 1 amide bonds. The average molecular weight is 516 g/mol. The number of unbranched alkanes of at least 4 members (excludes halogenated alkanes) is 2. The number of amides is 1. The first-order valence-electron chi connectivity index (χ1n) is 12.4. The summed E-state index contributed by atoms with van der Waals surface area (Å²) in [6, 6.07) is 23.2. The molecule has 10 nitrogen and oxygen atoms in total. The molecule has 0 aliphatic rings. The third-order valence-electron chi connectivity index (χ3n) is 5.55. The summed E-state index contributed by atoms with van der Waals surface area (Å²) in [6.45, 7) is 2.72. The highest BCUT2D eigenvalue weighted by molar-refractivity contribution is 6.05. The molecular weight excluding hydrogens is 486 g/mol. The first kappa shape index (κ1) is 26.3. The standard InChI is InChI=1S/C28H29N5O5/c1-2-36-26(34)15-7-4-10-20-37-23-18-16-21(17-19-23)28(35)33(22-11-5-3-6-12-22)38-25-14-9-8-13-24(25)27-29-31-32-30-27/h3,5-6,8-9,11-14,16-19H,2,4,7,10,15,20H2,1H3,(H,29,30,31,32). The van der Waals surface area contributed by atoms with Gasteiger partial charge < -0.3 is 14.3 Å². The van der Waals surface area contributed by atoms with Gasteiger partial charge in [0.15, 0.2) is 11.6 Å². The van der Waals surface area contributed by atoms with E-state index in [1.54, 1.807) is 61.5 Å². The van der Waals surface area contributed by atoms with Crippen LogP contribution in [0, 0.1) is 0 Å². The summed E-state index contributed by atoms with van der Waals surface area (Å²) in [7, 11) is 0. The van der Waals surface area contributed by atoms with Gasteiger partial charge in [0.1, 0.15) is 5.75 Å². The zero-order valence-corrected chi connectivity index (χ0v) is 21.1. The predicted molar refractivity (Wildman–Crippen MR) is 141 cm³/mol. The van der Waals surface area contributed by atoms with Crippen molar-refractivity contribution in [2.45, 2.75) is 32.6 Å². The number of rotatable bonds is 13. The van der Waals surface area contributed by atoms with E-state index in [2.05, 4.69) is 20.6 Å². The smallest absolute Gasteiger partial charge is 0.305 e. The topological polar surface area (TPSA) is 120 Å². The van der Waals surface area contributed by atoms with E-state index in [1.165, 1.54) is 5.06 Å². The number of tetrazole rings is 1. The summed E-state index contributed by atoms with van der Waals surface area (Å²) in [6.07, 6.45) is 2.87. The van der Waals surface area contributed by atoms with E-state index in [0.29, 0.717) is 53.8 Å². The highest BCUT2D eigenvalue weighted by atomic mass is 16.7. The lowest BCUT2D eigenvalue weighted by atomic mass is 10.2. The van der Waals surface area contributed by atoms with Crippen molar-refractivity contribution in [3.63, 3.8) is 0 Å². The quantitative estimate of drug-likeness (QED) is 0.150. The number of benzene rings is 3. The van der Waals surface area contributed by atoms with E-state index < -0.39 is 0 Å². The molecule has 0 aliphatic heterocycles. The number of aromatic amines is 1. The molecule has 0 radical (unpaired) electrons. The Labute approximate surface area is 220 Å². The monoisotopic (exact) mass is 515 g/mol. The van der Waals surface area contributed by atoms with E-state index in [-0.39, 0.29) is 11.9 Å². The fraction of sp³-hybridized carbons (Fsp3) is 0.250. The van der Waals surface area contributed by atoms with Crippen LogP contribution in [0.5, 0.6) is 11.5 Å². The number of anilines is 1. The van der Waals surface area contributed by atoms with Gasteiger partial charge in [-0.15, -0.1) is 10.2 Å². The molecule has 0 saturated carbocycles. The van der Waals surface area contributed by atoms with Gasteiger partial charge in [-0.3, -0.25) is 9.59 Å². The maximum absolute atomic E-state index is 13.6. The van der Waals surface area contributed by atoms with E-state index >= 15 is 0 Å². The third-order valence-corrected chi connectivity index (χ3v) is 5.55. The molecule has 1 N–H and O–H groups in total. The lowest BCUT2D eigenvalue weighted by molar-refractivity contribution is -0.143. The first-order valence-corrected chi connectivity index (χ1v) is 12.4. The van der Waals surface area contributed by atoms with E-state index in [1.807, 2.05) is 24.3 Å². The summed E-state index contributed by atoms with van der Waals surface area (Å²) in [5.41, 5.74) is 1.60. The molecule has 0 unspecified atom stereocenters. The van der Waals surface area contributed by atoms with Gasteiger partial charge in [-0.25, -0.2) is 5.10 Å². The number of carbonyl (C=O) groups excluding carboxylic acids is 2. The fourth-order valence-corrected chi connectivity index (χ4v) is 3.67. The Balaban J connectivity index is 1.41. The van der Waals surface area contributed by atoms with Crippen molar-refractivity contribution >= 4 is 17.6 Å². The minimum atomic E-state index is -0.354. The number of nitrogens with zero attached hydrogens (tertiary/aromatic N) is 4. The minimum Gasteiger partial charge on any atom is -0.494 e. The molecule has 1 aromatic heterocycles. The van der Waals surface area contributed by atoms with Crippen molar-refractivity contribution in [2.24, 2.45) is 0 Å². The molecule has 1 heterocycles. The average Bonchev–Trinajstić information content (AvgIpc) is 3.49. The number of hydrogen-bond acceptors (Lipinski definition) is 8. The van der Waals surface area contributed by atoms with Gasteiger partial charge in [0.25, 0.3) is 5.91 Å². The van der Waals surface area contributed by atoms with Gasteiger partial charge in [0, 0.05) is 12.0 Å². The zero-order chi connectivity index (χ0) is 26.6. The Morgan fingerprint density at radius 3 is 2.39 bits per heavy atom. The van der Waals surface area contributed by atoms with E-state index in [0.717, 1.165) is 19.3 Å². The molecule has 4 rings (SSSR count). The van der Waals surface area contributed by atoms with Gasteiger partial charge in [-0.1, -0.05) is 30.3 Å². The maximum atomic E-state index is 13.6. The number of para-hydroxylation sites is 2. The number of hydroxylamine groups is 1. The predicted octanol–water partition coefficient (Wildman–Crippen LogP) is 5.01. The Hall–Kier alpha value is -4.73. The van der Waals surface area contributed by atoms with E-state index in [4.69, 9.17) is 14.3 Å². The lowest BCUT2D eigenvalue weighted by Crippen LogP contribution is -2.34. The molecule has 10 heteroatoms. The van der Waals surface area contributed by atoms with Crippen LogP contribution in [0.15, 0.2) is 78.9 Å². The van der Waals surface area contributed by atoms with Crippen molar-refractivity contribution in [3.8, 4) is 22.9 Å². The van der Waals surface area contributed by atoms with Crippen LogP contribution in [0.2, 0.25) is 0 Å². The number of esters is 1. The van der Waals surface area contributed by atoms with Gasteiger partial charge in [0.2, 0.25) is 0 Å². The van der Waals surface area contributed by atoms with Gasteiger partial charge in [-0.05, 0) is 85.1 Å². The Morgan fingerprint density at radius 1 is 0.895 bits per heavy atom. The molecule has 0 atom stereocenters. The molecule has 0 aliphatic carbocycles. The summed E-state index contributed by atoms with van der Waals surface area (Å²) >= 11 is 0. The number of hydrogen-bond donors (Lipinski definition) is 1. The number of ether oxygens (including phenoxy) is 2. The SMILES string of the molecule is CCOC(=O)CCCCCOc1ccc(C(=O)N(Oc2ccccc2-c2nnn[nH]2)c2ccccc2)cc1. The zero-order valence-electron chi connectivity index (χ0n) is 21.1. The van der Waals surface area contributed by atoms with Crippen LogP contribution in [0.3, 0.4) is 0 Å². The van der Waals surface area contributed by atoms with Crippen LogP contribution >= 0.6 is 0 Å². The molecule has 0 spiro atoms. The second-order valence-electron chi connectivity index (χ2n) is 8.26. The van der Waals surface area contributed by atoms with Crippen LogP contribution in [-0.2, 0) is 9.53 Å². The highest BCUT2D eigenvalue weighted by Gasteiger charge is 2.22. The molecule has 38 heavy (non-hydrogen) atoms. The van der Waals surface area contributed by atoms with Gasteiger partial charge in [0.05, 0.1) is 24.5 Å².